The molecular weight excluding hydrogens is 506 g/mol. The van der Waals surface area contributed by atoms with Crippen LogP contribution in [0.5, 0.6) is 0 Å². The summed E-state index contributed by atoms with van der Waals surface area (Å²) in [5.74, 6) is 0. The second-order valence-electron chi connectivity index (χ2n) is 18.0. The van der Waals surface area contributed by atoms with E-state index in [0.29, 0.717) is 28.1 Å². The van der Waals surface area contributed by atoms with Gasteiger partial charge in [0.2, 0.25) is 0 Å². The Morgan fingerprint density at radius 1 is 0.800 bits per heavy atom. The van der Waals surface area contributed by atoms with Crippen LogP contribution in [-0.2, 0) is 11.7 Å². The third-order valence-corrected chi connectivity index (χ3v) is 68.5. The monoisotopic (exact) mass is 544 g/mol. The van der Waals surface area contributed by atoms with Crippen molar-refractivity contribution in [1.82, 2.24) is 9.97 Å². The number of hydrogen-bond acceptors (Lipinski definition) is 2. The summed E-state index contributed by atoms with van der Waals surface area (Å²) in [5, 5.41) is -0.0722. The Morgan fingerprint density at radius 2 is 1.29 bits per heavy atom. The SMILES string of the molecule is CC(C)(C)[C]12[CH]3[C]4(CP)[C]5(C(P)(c6cccnc6)c6cccnc6)[C]1(C(C)(C)C)[Fe]34251678[CH]2[CH]1[CH]6[CH]7[CH]28. The average molecular weight is 544 g/mol. The first-order chi connectivity index (χ1) is 16.2. The maximum atomic E-state index is 4.77. The second kappa shape index (κ2) is 2.43. The van der Waals surface area contributed by atoms with E-state index in [1.807, 2.05) is 12.4 Å². The zero-order valence-electron chi connectivity index (χ0n) is 21.7. The number of aromatic nitrogens is 2. The fraction of sp³-hybridized carbons (Fsp3) is 0.667. The number of rotatable bonds is 4. The van der Waals surface area contributed by atoms with Crippen LogP contribution < -0.4 is 0 Å². The van der Waals surface area contributed by atoms with Gasteiger partial charge in [0.1, 0.15) is 0 Å². The van der Waals surface area contributed by atoms with Gasteiger partial charge in [-0.1, -0.05) is 0 Å². The van der Waals surface area contributed by atoms with Crippen molar-refractivity contribution >= 4 is 18.5 Å². The third kappa shape index (κ3) is 0.346. The van der Waals surface area contributed by atoms with Crippen molar-refractivity contribution in [3.8, 4) is 0 Å². The Balaban J connectivity index is 1.37. The van der Waals surface area contributed by atoms with Crippen LogP contribution in [0, 0.1) is 10.8 Å². The molecule has 0 aliphatic carbocycles. The Bertz CT molecular complexity index is 1830. The van der Waals surface area contributed by atoms with Crippen molar-refractivity contribution < 1.29 is 6.51 Å². The van der Waals surface area contributed by atoms with Gasteiger partial charge < -0.3 is 0 Å². The Morgan fingerprint density at radius 3 is 1.60 bits per heavy atom. The summed E-state index contributed by atoms with van der Waals surface area (Å²) in [6, 6.07) is 9.25. The molecule has 0 saturated carbocycles. The third-order valence-electron chi connectivity index (χ3n) is 20.7. The van der Waals surface area contributed by atoms with Gasteiger partial charge in [-0.25, -0.2) is 0 Å². The molecule has 7 unspecified atom stereocenters. The summed E-state index contributed by atoms with van der Waals surface area (Å²) < 4.78 is 2.37. The van der Waals surface area contributed by atoms with E-state index in [9.17, 15) is 0 Å². The molecule has 10 fully saturated rings. The first kappa shape index (κ1) is 18.9. The van der Waals surface area contributed by atoms with Crippen molar-refractivity contribution in [3.63, 3.8) is 0 Å². The molecule has 5 heteroatoms. The molecule has 10 aliphatic heterocycles. The van der Waals surface area contributed by atoms with Crippen molar-refractivity contribution in [2.75, 3.05) is 6.16 Å². The quantitative estimate of drug-likeness (QED) is 0.285. The van der Waals surface area contributed by atoms with Gasteiger partial charge in [-0.2, -0.15) is 0 Å². The standard InChI is InChI=1S/C25H33N2P2.C5H5.Fe/c1-23(2,3)20-13-17(16-28)21(22(20)24(4,5)6)25(29,18-9-7-11-26-14-18)19-10-8-12-27-15-19;1-2-4-5-3-1;/h7-15H,16,28-29H2,1-6H3;1-5H;. The summed E-state index contributed by atoms with van der Waals surface area (Å²) in [6.45, 7) is 11.9. The minimum absolute atomic E-state index is 0.0722. The average Bonchev–Trinajstić information content (AvgIpc) is 3.77. The summed E-state index contributed by atoms with van der Waals surface area (Å²) >= 11 is 0. The molecule has 12 heterocycles. The van der Waals surface area contributed by atoms with E-state index in [4.69, 9.17) is 9.97 Å². The molecule has 10 saturated heterocycles. The van der Waals surface area contributed by atoms with E-state index in [1.54, 1.807) is 0 Å². The molecule has 2 nitrogen and oxygen atoms in total. The second-order valence-corrected chi connectivity index (χ2v) is 42.0. The topological polar surface area (TPSA) is 25.8 Å². The van der Waals surface area contributed by atoms with Crippen LogP contribution in [0.3, 0.4) is 0 Å². The predicted octanol–water partition coefficient (Wildman–Crippen LogP) is 8.43. The number of fused-ring (bicyclic) bond motifs is 10. The molecule has 0 aromatic carbocycles. The first-order valence-corrected chi connectivity index (χ1v) is 21.2. The van der Waals surface area contributed by atoms with Crippen LogP contribution in [0.1, 0.15) is 52.7 Å². The van der Waals surface area contributed by atoms with Gasteiger partial charge >= 0.3 is 205 Å². The van der Waals surface area contributed by atoms with E-state index in [1.165, 1.54) is 41.4 Å². The zero-order valence-corrected chi connectivity index (χ0v) is 25.1. The van der Waals surface area contributed by atoms with Gasteiger partial charge in [-0.05, 0) is 0 Å². The molecule has 0 amide bonds. The minimum atomic E-state index is -4.30. The van der Waals surface area contributed by atoms with Crippen molar-refractivity contribution in [3.05, 3.63) is 60.2 Å². The van der Waals surface area contributed by atoms with Crippen LogP contribution in [0.25, 0.3) is 0 Å². The van der Waals surface area contributed by atoms with Crippen LogP contribution >= 0.6 is 18.5 Å². The van der Waals surface area contributed by atoms with E-state index >= 15 is 0 Å². The van der Waals surface area contributed by atoms with Crippen molar-refractivity contribution in [2.45, 2.75) is 92.9 Å². The maximum absolute atomic E-state index is 4.77. The van der Waals surface area contributed by atoms with Gasteiger partial charge in [0.15, 0.2) is 0 Å². The molecule has 2 aromatic rings. The first-order valence-electron chi connectivity index (χ1n) is 13.7. The van der Waals surface area contributed by atoms with Crippen LogP contribution in [-0.4, -0.2) is 16.1 Å². The van der Waals surface area contributed by atoms with Crippen molar-refractivity contribution in [1.29, 1.82) is 0 Å². The molecule has 0 radical (unpaired) electrons. The molecule has 2 aromatic heterocycles. The van der Waals surface area contributed by atoms with Crippen molar-refractivity contribution in [2.24, 2.45) is 10.8 Å². The molecule has 0 bridgehead atoms. The molecular formula is C30H38FeN2P2. The Kier molecular flexibility index (Phi) is 1.31. The van der Waals surface area contributed by atoms with Crippen LogP contribution in [0.4, 0.5) is 0 Å². The molecule has 0 N–H and O–H groups in total. The van der Waals surface area contributed by atoms with E-state index < -0.39 is 6.51 Å². The van der Waals surface area contributed by atoms with Crippen LogP contribution in [0.2, 0.25) is 46.2 Å². The number of pyridine rings is 2. The Hall–Kier alpha value is -0.321. The van der Waals surface area contributed by atoms with Gasteiger partial charge in [-0.15, -0.1) is 0 Å². The van der Waals surface area contributed by atoms with Gasteiger partial charge in [0.25, 0.3) is 0 Å². The molecule has 12 rings (SSSR count). The summed E-state index contributed by atoms with van der Waals surface area (Å²) in [7, 11) is 7.06. The summed E-state index contributed by atoms with van der Waals surface area (Å²) in [6.07, 6.45) is 9.79. The predicted molar refractivity (Wildman–Crippen MR) is 146 cm³/mol. The summed E-state index contributed by atoms with van der Waals surface area (Å²) in [5.41, 5.74) is 3.67. The fourth-order valence-corrected chi connectivity index (χ4v) is 120. The van der Waals surface area contributed by atoms with Gasteiger partial charge in [0.05, 0.1) is 0 Å². The number of nitrogens with zero attached hydrogens (tertiary/aromatic N) is 2. The van der Waals surface area contributed by atoms with E-state index in [0.717, 1.165) is 4.82 Å². The van der Waals surface area contributed by atoms with E-state index in [-0.39, 0.29) is 5.16 Å². The molecule has 186 valence electrons. The molecule has 10 aliphatic rings. The van der Waals surface area contributed by atoms with Crippen LogP contribution in [0.15, 0.2) is 49.1 Å². The molecule has 7 atom stereocenters. The number of hydrogen-bond donors (Lipinski definition) is 0. The molecule has 1 spiro atoms. The van der Waals surface area contributed by atoms with E-state index in [2.05, 4.69) is 96.7 Å². The normalized spacial score (nSPS) is 71.8. The fourth-order valence-electron chi connectivity index (χ4n) is 25.8. The molecule has 35 heavy (non-hydrogen) atoms. The van der Waals surface area contributed by atoms with Gasteiger partial charge in [-0.3, -0.25) is 0 Å². The van der Waals surface area contributed by atoms with Gasteiger partial charge in [0, 0.05) is 0 Å². The zero-order chi connectivity index (χ0) is 24.2. The summed E-state index contributed by atoms with van der Waals surface area (Å²) in [4.78, 5) is 16.6. The Labute approximate surface area is 204 Å².